The van der Waals surface area contributed by atoms with E-state index in [1.807, 2.05) is 0 Å². The summed E-state index contributed by atoms with van der Waals surface area (Å²) in [5.74, 6) is -3.88. The van der Waals surface area contributed by atoms with Crippen molar-refractivity contribution < 1.29 is 23.0 Å². The molecule has 2 atom stereocenters. The van der Waals surface area contributed by atoms with Crippen LogP contribution in [0, 0.1) is 0 Å². The Kier molecular flexibility index (Phi) is 4.00. The molecule has 0 spiro atoms. The smallest absolute Gasteiger partial charge is 0.338 e. The molecule has 2 rings (SSSR count). The molecule has 0 saturated carbocycles. The van der Waals surface area contributed by atoms with E-state index >= 15 is 0 Å². The van der Waals surface area contributed by atoms with E-state index in [-0.39, 0.29) is 0 Å². The standard InChI is InChI=1S/C13H11BF2O3/c14-11-6-7-13(15,16)10(19-11)8-18-12(17)9-4-2-1-3-5-9/h1-7,10-11H,8H2/t10-,11-/m1/s1. The van der Waals surface area contributed by atoms with Gasteiger partial charge in [-0.2, -0.15) is 8.78 Å². The number of carbonyl (C=O) groups is 1. The van der Waals surface area contributed by atoms with Crippen LogP contribution in [0.1, 0.15) is 10.4 Å². The van der Waals surface area contributed by atoms with E-state index in [0.29, 0.717) is 11.6 Å². The first-order valence-electron chi connectivity index (χ1n) is 5.69. The summed E-state index contributed by atoms with van der Waals surface area (Å²) < 4.78 is 36.5. The van der Waals surface area contributed by atoms with E-state index in [1.54, 1.807) is 18.2 Å². The first-order chi connectivity index (χ1) is 8.99. The summed E-state index contributed by atoms with van der Waals surface area (Å²) in [6.07, 6.45) is 0.165. The van der Waals surface area contributed by atoms with Crippen molar-refractivity contribution in [1.29, 1.82) is 0 Å². The van der Waals surface area contributed by atoms with E-state index in [9.17, 15) is 13.6 Å². The lowest BCUT2D eigenvalue weighted by molar-refractivity contribution is -0.137. The molecule has 98 valence electrons. The van der Waals surface area contributed by atoms with Gasteiger partial charge in [-0.15, -0.1) is 0 Å². The van der Waals surface area contributed by atoms with Crippen molar-refractivity contribution in [3.8, 4) is 0 Å². The van der Waals surface area contributed by atoms with Crippen molar-refractivity contribution in [2.24, 2.45) is 0 Å². The van der Waals surface area contributed by atoms with Gasteiger partial charge >= 0.3 is 5.97 Å². The molecule has 1 aliphatic heterocycles. The van der Waals surface area contributed by atoms with Crippen molar-refractivity contribution in [3.63, 3.8) is 0 Å². The highest BCUT2D eigenvalue weighted by molar-refractivity contribution is 6.12. The topological polar surface area (TPSA) is 35.5 Å². The lowest BCUT2D eigenvalue weighted by Crippen LogP contribution is -2.44. The minimum Gasteiger partial charge on any atom is -0.459 e. The molecule has 1 heterocycles. The summed E-state index contributed by atoms with van der Waals surface area (Å²) in [5.41, 5.74) is 0.293. The quantitative estimate of drug-likeness (QED) is 0.475. The molecule has 1 aromatic carbocycles. The normalized spacial score (nSPS) is 24.9. The number of hydrogen-bond acceptors (Lipinski definition) is 3. The fraction of sp³-hybridized carbons (Fsp3) is 0.308. The van der Waals surface area contributed by atoms with Crippen LogP contribution in [0.5, 0.6) is 0 Å². The molecule has 0 bridgehead atoms. The zero-order valence-electron chi connectivity index (χ0n) is 9.96. The second kappa shape index (κ2) is 5.53. The summed E-state index contributed by atoms with van der Waals surface area (Å²) in [4.78, 5) is 11.6. The van der Waals surface area contributed by atoms with Crippen LogP contribution in [-0.4, -0.2) is 38.5 Å². The van der Waals surface area contributed by atoms with Gasteiger partial charge in [0.15, 0.2) is 6.10 Å². The van der Waals surface area contributed by atoms with Gasteiger partial charge in [-0.3, -0.25) is 0 Å². The maximum Gasteiger partial charge on any atom is 0.338 e. The molecule has 6 heteroatoms. The molecule has 1 aliphatic rings. The Morgan fingerprint density at radius 1 is 1.37 bits per heavy atom. The molecule has 3 nitrogen and oxygen atoms in total. The summed E-state index contributed by atoms with van der Waals surface area (Å²) in [6, 6.07) is 7.20. The molecular weight excluding hydrogens is 253 g/mol. The average molecular weight is 264 g/mol. The third kappa shape index (κ3) is 3.41. The van der Waals surface area contributed by atoms with Crippen molar-refractivity contribution in [2.75, 3.05) is 6.61 Å². The van der Waals surface area contributed by atoms with Crippen LogP contribution in [-0.2, 0) is 9.47 Å². The molecule has 1 aromatic rings. The maximum absolute atomic E-state index is 13.4. The Bertz CT molecular complexity index is 476. The van der Waals surface area contributed by atoms with Crippen LogP contribution in [0.4, 0.5) is 8.78 Å². The van der Waals surface area contributed by atoms with Crippen molar-refractivity contribution in [3.05, 3.63) is 48.0 Å². The van der Waals surface area contributed by atoms with E-state index in [1.165, 1.54) is 12.1 Å². The lowest BCUT2D eigenvalue weighted by atomic mass is 9.95. The molecule has 2 radical (unpaired) electrons. The molecule has 0 amide bonds. The Balaban J connectivity index is 1.95. The van der Waals surface area contributed by atoms with Gasteiger partial charge < -0.3 is 9.47 Å². The molecular formula is C13H11BF2O3. The Labute approximate surface area is 110 Å². The highest BCUT2D eigenvalue weighted by Gasteiger charge is 2.42. The van der Waals surface area contributed by atoms with Crippen molar-refractivity contribution >= 4 is 13.8 Å². The van der Waals surface area contributed by atoms with E-state index in [4.69, 9.17) is 17.3 Å². The van der Waals surface area contributed by atoms with Gasteiger partial charge in [-0.25, -0.2) is 4.79 Å². The predicted molar refractivity (Wildman–Crippen MR) is 65.2 cm³/mol. The molecule has 0 aromatic heterocycles. The zero-order chi connectivity index (χ0) is 13.9. The van der Waals surface area contributed by atoms with Crippen molar-refractivity contribution in [1.82, 2.24) is 0 Å². The zero-order valence-corrected chi connectivity index (χ0v) is 9.96. The minimum atomic E-state index is -3.20. The average Bonchev–Trinajstić information content (AvgIpc) is 2.40. The molecule has 0 saturated heterocycles. The Morgan fingerprint density at radius 2 is 2.05 bits per heavy atom. The second-order valence-electron chi connectivity index (χ2n) is 4.09. The van der Waals surface area contributed by atoms with Crippen LogP contribution < -0.4 is 0 Å². The number of benzene rings is 1. The maximum atomic E-state index is 13.4. The minimum absolute atomic E-state index is 0.293. The number of ether oxygens (including phenoxy) is 2. The second-order valence-corrected chi connectivity index (χ2v) is 4.09. The Morgan fingerprint density at radius 3 is 2.74 bits per heavy atom. The van der Waals surface area contributed by atoms with Crippen molar-refractivity contribution in [2.45, 2.75) is 18.0 Å². The van der Waals surface area contributed by atoms with E-state index in [2.05, 4.69) is 0 Å². The van der Waals surface area contributed by atoms with Gasteiger partial charge in [-0.1, -0.05) is 24.3 Å². The summed E-state index contributed by atoms with van der Waals surface area (Å²) >= 11 is 0. The first kappa shape index (κ1) is 13.7. The number of alkyl halides is 2. The third-order valence-corrected chi connectivity index (χ3v) is 2.63. The number of hydrogen-bond donors (Lipinski definition) is 0. The van der Waals surface area contributed by atoms with Gasteiger partial charge in [0.05, 0.1) is 5.56 Å². The van der Waals surface area contributed by atoms with Crippen LogP contribution in [0.3, 0.4) is 0 Å². The van der Waals surface area contributed by atoms with Gasteiger partial charge in [0.25, 0.3) is 5.92 Å². The molecule has 0 fully saturated rings. The lowest BCUT2D eigenvalue weighted by Gasteiger charge is -2.30. The van der Waals surface area contributed by atoms with Crippen LogP contribution in [0.15, 0.2) is 42.5 Å². The SMILES string of the molecule is [B][C@H]1C=CC(F)(F)[C@@H](COC(=O)c2ccccc2)O1. The van der Waals surface area contributed by atoms with Gasteiger partial charge in [-0.05, 0) is 18.2 Å². The predicted octanol–water partition coefficient (Wildman–Crippen LogP) is 1.93. The molecule has 19 heavy (non-hydrogen) atoms. The van der Waals surface area contributed by atoms with E-state index in [0.717, 1.165) is 6.08 Å². The summed E-state index contributed by atoms with van der Waals surface area (Å²) in [6.45, 7) is -0.557. The fourth-order valence-electron chi connectivity index (χ4n) is 1.62. The number of halogens is 2. The fourth-order valence-corrected chi connectivity index (χ4v) is 1.62. The Hall–Kier alpha value is -1.69. The number of rotatable bonds is 3. The van der Waals surface area contributed by atoms with Gasteiger partial charge in [0.2, 0.25) is 0 Å². The van der Waals surface area contributed by atoms with E-state index < -0.39 is 30.6 Å². The summed E-state index contributed by atoms with van der Waals surface area (Å²) in [5, 5.41) is 0. The number of carbonyl (C=O) groups excluding carboxylic acids is 1. The monoisotopic (exact) mass is 264 g/mol. The van der Waals surface area contributed by atoms with Crippen LogP contribution in [0.25, 0.3) is 0 Å². The van der Waals surface area contributed by atoms with Gasteiger partial charge in [0, 0.05) is 6.00 Å². The summed E-state index contributed by atoms with van der Waals surface area (Å²) in [7, 11) is 5.38. The molecule has 0 aliphatic carbocycles. The number of esters is 1. The third-order valence-electron chi connectivity index (χ3n) is 2.63. The molecule has 0 N–H and O–H groups in total. The van der Waals surface area contributed by atoms with Crippen LogP contribution in [0.2, 0.25) is 0 Å². The van der Waals surface area contributed by atoms with Crippen LogP contribution >= 0.6 is 0 Å². The first-order valence-corrected chi connectivity index (χ1v) is 5.69. The molecule has 0 unspecified atom stereocenters. The largest absolute Gasteiger partial charge is 0.459 e. The highest BCUT2D eigenvalue weighted by Crippen LogP contribution is 2.28. The highest BCUT2D eigenvalue weighted by atomic mass is 19.3. The van der Waals surface area contributed by atoms with Gasteiger partial charge in [0.1, 0.15) is 14.5 Å².